The Morgan fingerprint density at radius 1 is 0.964 bits per heavy atom. The predicted molar refractivity (Wildman–Crippen MR) is 111 cm³/mol. The molecule has 0 N–H and O–H groups in total. The Hall–Kier alpha value is -3.79. The van der Waals surface area contributed by atoms with E-state index in [-0.39, 0.29) is 5.78 Å². The molecule has 136 valence electrons. The topological polar surface area (TPSA) is 47.8 Å². The molecule has 4 heteroatoms. The van der Waals surface area contributed by atoms with Crippen LogP contribution in [0.15, 0.2) is 91.4 Å². The molecule has 4 aromatic rings. The molecule has 0 aliphatic rings. The number of rotatable bonds is 5. The third-order valence-electron chi connectivity index (χ3n) is 4.45. The highest BCUT2D eigenvalue weighted by Crippen LogP contribution is 2.24. The van der Waals surface area contributed by atoms with Gasteiger partial charge >= 0.3 is 0 Å². The van der Waals surface area contributed by atoms with Crippen molar-refractivity contribution in [3.63, 3.8) is 0 Å². The monoisotopic (exact) mass is 365 g/mol. The van der Waals surface area contributed by atoms with E-state index in [1.54, 1.807) is 18.5 Å². The number of nitrogens with zero attached hydrogens (tertiary/aromatic N) is 3. The maximum absolute atomic E-state index is 12.5. The van der Waals surface area contributed by atoms with E-state index in [0.717, 1.165) is 28.1 Å². The number of aromatic nitrogens is 3. The quantitative estimate of drug-likeness (QED) is 0.363. The highest BCUT2D eigenvalue weighted by Gasteiger charge is 2.11. The van der Waals surface area contributed by atoms with Crippen LogP contribution in [0.3, 0.4) is 0 Å². The smallest absolute Gasteiger partial charge is 0.185 e. The highest BCUT2D eigenvalue weighted by atomic mass is 16.1. The number of hydrogen-bond acceptors (Lipinski definition) is 3. The van der Waals surface area contributed by atoms with Gasteiger partial charge in [-0.15, -0.1) is 0 Å². The van der Waals surface area contributed by atoms with Gasteiger partial charge in [0.15, 0.2) is 5.78 Å². The van der Waals surface area contributed by atoms with Gasteiger partial charge in [-0.1, -0.05) is 48.0 Å². The largest absolute Gasteiger partial charge is 0.289 e. The van der Waals surface area contributed by atoms with Crippen molar-refractivity contribution in [1.82, 2.24) is 14.8 Å². The number of carbonyl (C=O) groups excluding carboxylic acids is 1. The van der Waals surface area contributed by atoms with Crippen molar-refractivity contribution in [3.8, 4) is 16.9 Å². The molecule has 2 heterocycles. The summed E-state index contributed by atoms with van der Waals surface area (Å²) in [5.74, 6) is -0.0374. The molecule has 0 amide bonds. The summed E-state index contributed by atoms with van der Waals surface area (Å²) in [4.78, 5) is 16.7. The maximum Gasteiger partial charge on any atom is 0.185 e. The third-order valence-corrected chi connectivity index (χ3v) is 4.45. The van der Waals surface area contributed by atoms with E-state index in [1.165, 1.54) is 0 Å². The summed E-state index contributed by atoms with van der Waals surface area (Å²) in [6.07, 6.45) is 8.84. The number of aryl methyl sites for hydroxylation is 1. The maximum atomic E-state index is 12.5. The number of carbonyl (C=O) groups is 1. The van der Waals surface area contributed by atoms with Gasteiger partial charge in [-0.2, -0.15) is 5.10 Å². The second-order valence-corrected chi connectivity index (χ2v) is 6.52. The number of ketones is 1. The molecule has 4 rings (SSSR count). The molecule has 4 nitrogen and oxygen atoms in total. The van der Waals surface area contributed by atoms with Crippen LogP contribution in [0.1, 0.15) is 21.5 Å². The van der Waals surface area contributed by atoms with Gasteiger partial charge in [-0.3, -0.25) is 9.78 Å². The molecule has 0 saturated carbocycles. The highest BCUT2D eigenvalue weighted by molar-refractivity contribution is 6.07. The van der Waals surface area contributed by atoms with E-state index in [4.69, 9.17) is 5.10 Å². The second-order valence-electron chi connectivity index (χ2n) is 6.52. The van der Waals surface area contributed by atoms with Gasteiger partial charge in [0.1, 0.15) is 5.69 Å². The minimum atomic E-state index is -0.0374. The van der Waals surface area contributed by atoms with Gasteiger partial charge in [0.05, 0.1) is 5.69 Å². The molecule has 0 fully saturated rings. The Labute approximate surface area is 163 Å². The zero-order valence-electron chi connectivity index (χ0n) is 15.5. The molecular formula is C24H19N3O. The van der Waals surface area contributed by atoms with Gasteiger partial charge in [0.25, 0.3) is 0 Å². The molecule has 0 unspecified atom stereocenters. The summed E-state index contributed by atoms with van der Waals surface area (Å²) in [6.45, 7) is 2.00. The first-order chi connectivity index (χ1) is 13.7. The fourth-order valence-electron chi connectivity index (χ4n) is 2.93. The lowest BCUT2D eigenvalue weighted by atomic mass is 10.1. The average molecular weight is 365 g/mol. The van der Waals surface area contributed by atoms with E-state index in [1.807, 2.05) is 90.6 Å². The molecule has 0 radical (unpaired) electrons. The zero-order valence-corrected chi connectivity index (χ0v) is 15.5. The lowest BCUT2D eigenvalue weighted by Crippen LogP contribution is -1.94. The Morgan fingerprint density at radius 3 is 2.46 bits per heavy atom. The molecule has 2 aromatic carbocycles. The number of pyridine rings is 1. The molecule has 2 aromatic heterocycles. The lowest BCUT2D eigenvalue weighted by Gasteiger charge is -2.00. The van der Waals surface area contributed by atoms with Gasteiger partial charge in [-0.05, 0) is 43.3 Å². The van der Waals surface area contributed by atoms with Crippen LogP contribution in [0.4, 0.5) is 0 Å². The van der Waals surface area contributed by atoms with E-state index in [2.05, 4.69) is 4.98 Å². The summed E-state index contributed by atoms with van der Waals surface area (Å²) in [7, 11) is 0. The zero-order chi connectivity index (χ0) is 19.3. The number of hydrogen-bond donors (Lipinski definition) is 0. The van der Waals surface area contributed by atoms with E-state index in [9.17, 15) is 4.79 Å². The summed E-state index contributed by atoms with van der Waals surface area (Å²) in [6, 6.07) is 21.3. The Bertz CT molecular complexity index is 1110. The van der Waals surface area contributed by atoms with Crippen molar-refractivity contribution in [3.05, 3.63) is 108 Å². The third kappa shape index (κ3) is 3.81. The van der Waals surface area contributed by atoms with Gasteiger partial charge in [-0.25, -0.2) is 4.68 Å². The molecule has 0 aliphatic carbocycles. The minimum Gasteiger partial charge on any atom is -0.289 e. The van der Waals surface area contributed by atoms with E-state index < -0.39 is 0 Å². The fourth-order valence-corrected chi connectivity index (χ4v) is 2.93. The molecule has 0 saturated heterocycles. The van der Waals surface area contributed by atoms with Gasteiger partial charge < -0.3 is 0 Å². The van der Waals surface area contributed by atoms with Crippen LogP contribution < -0.4 is 0 Å². The van der Waals surface area contributed by atoms with E-state index in [0.29, 0.717) is 5.56 Å². The SMILES string of the molecule is Cc1ccc(C(=O)/C=C/c2cn(-c3ccccc3)nc2-c2cccnc2)cc1. The summed E-state index contributed by atoms with van der Waals surface area (Å²) < 4.78 is 1.82. The van der Waals surface area contributed by atoms with Crippen molar-refractivity contribution >= 4 is 11.9 Å². The van der Waals surface area contributed by atoms with Crippen LogP contribution in [-0.2, 0) is 0 Å². The summed E-state index contributed by atoms with van der Waals surface area (Å²) >= 11 is 0. The standard InChI is InChI=1S/C24H19N3O/c1-18-9-11-19(12-10-18)23(28)14-13-21-17-27(22-7-3-2-4-8-22)26-24(21)20-6-5-15-25-16-20/h2-17H,1H3/b14-13+. The first-order valence-electron chi connectivity index (χ1n) is 9.05. The Kier molecular flexibility index (Phi) is 4.93. The molecule has 28 heavy (non-hydrogen) atoms. The molecule has 0 aliphatic heterocycles. The molecule has 0 spiro atoms. The van der Waals surface area contributed by atoms with Gasteiger partial charge in [0, 0.05) is 35.3 Å². The predicted octanol–water partition coefficient (Wildman–Crippen LogP) is 5.14. The molecule has 0 atom stereocenters. The van der Waals surface area contributed by atoms with Gasteiger partial charge in [0.2, 0.25) is 0 Å². The van der Waals surface area contributed by atoms with Crippen LogP contribution in [0, 0.1) is 6.92 Å². The minimum absolute atomic E-state index is 0.0374. The second kappa shape index (κ2) is 7.84. The van der Waals surface area contributed by atoms with Crippen LogP contribution in [-0.4, -0.2) is 20.5 Å². The van der Waals surface area contributed by atoms with Crippen molar-refractivity contribution in [2.75, 3.05) is 0 Å². The molecule has 0 bridgehead atoms. The van der Waals surface area contributed by atoms with Crippen LogP contribution in [0.2, 0.25) is 0 Å². The lowest BCUT2D eigenvalue weighted by molar-refractivity contribution is 0.104. The fraction of sp³-hybridized carbons (Fsp3) is 0.0417. The average Bonchev–Trinajstić information content (AvgIpc) is 3.18. The van der Waals surface area contributed by atoms with E-state index >= 15 is 0 Å². The molecular weight excluding hydrogens is 346 g/mol. The number of allylic oxidation sites excluding steroid dienone is 1. The van der Waals surface area contributed by atoms with Crippen molar-refractivity contribution in [2.45, 2.75) is 6.92 Å². The normalized spacial score (nSPS) is 11.0. The number of para-hydroxylation sites is 1. The Balaban J connectivity index is 1.71. The summed E-state index contributed by atoms with van der Waals surface area (Å²) in [5, 5.41) is 4.73. The van der Waals surface area contributed by atoms with Crippen molar-refractivity contribution in [2.24, 2.45) is 0 Å². The summed E-state index contributed by atoms with van der Waals surface area (Å²) in [5.41, 5.74) is 5.29. The Morgan fingerprint density at radius 2 is 1.75 bits per heavy atom. The first kappa shape index (κ1) is 17.6. The van der Waals surface area contributed by atoms with Crippen LogP contribution >= 0.6 is 0 Å². The van der Waals surface area contributed by atoms with Crippen molar-refractivity contribution in [1.29, 1.82) is 0 Å². The van der Waals surface area contributed by atoms with Crippen LogP contribution in [0.5, 0.6) is 0 Å². The number of benzene rings is 2. The first-order valence-corrected chi connectivity index (χ1v) is 9.05. The van der Waals surface area contributed by atoms with Crippen molar-refractivity contribution < 1.29 is 4.79 Å². The van der Waals surface area contributed by atoms with Crippen LogP contribution in [0.25, 0.3) is 23.0 Å².